The Morgan fingerprint density at radius 1 is 1.11 bits per heavy atom. The van der Waals surface area contributed by atoms with Crippen LogP contribution in [-0.4, -0.2) is 36.6 Å². The van der Waals surface area contributed by atoms with Crippen LogP contribution in [0.2, 0.25) is 5.02 Å². The number of para-hydroxylation sites is 2. The number of carbonyl (C=O) groups is 2. The van der Waals surface area contributed by atoms with E-state index in [0.717, 1.165) is 6.07 Å². The number of halogens is 1. The van der Waals surface area contributed by atoms with E-state index in [1.807, 2.05) is 6.92 Å². The maximum Gasteiger partial charge on any atom is 0.344 e. The summed E-state index contributed by atoms with van der Waals surface area (Å²) in [4.78, 5) is 34.0. The summed E-state index contributed by atoms with van der Waals surface area (Å²) in [7, 11) is 0. The molecule has 0 fully saturated rings. The van der Waals surface area contributed by atoms with Crippen LogP contribution in [0.5, 0.6) is 11.5 Å². The van der Waals surface area contributed by atoms with Crippen LogP contribution in [0.15, 0.2) is 42.5 Å². The fourth-order valence-corrected chi connectivity index (χ4v) is 2.29. The molecule has 0 aliphatic carbocycles. The molecule has 9 nitrogen and oxygen atoms in total. The number of nitrogens with one attached hydrogen (secondary N) is 1. The summed E-state index contributed by atoms with van der Waals surface area (Å²) in [5.74, 6) is -0.709. The van der Waals surface area contributed by atoms with Gasteiger partial charge >= 0.3 is 5.97 Å². The number of nitro groups is 1. The van der Waals surface area contributed by atoms with E-state index in [0.29, 0.717) is 18.1 Å². The van der Waals surface area contributed by atoms with Crippen molar-refractivity contribution in [3.8, 4) is 11.5 Å². The molecule has 2 rings (SSSR count). The second-order valence-corrected chi connectivity index (χ2v) is 5.73. The lowest BCUT2D eigenvalue weighted by Gasteiger charge is -2.11. The van der Waals surface area contributed by atoms with Gasteiger partial charge in [0.05, 0.1) is 11.5 Å². The van der Waals surface area contributed by atoms with Crippen molar-refractivity contribution in [2.75, 3.05) is 25.1 Å². The van der Waals surface area contributed by atoms with Crippen molar-refractivity contribution in [3.05, 3.63) is 57.6 Å². The van der Waals surface area contributed by atoms with Crippen molar-refractivity contribution in [3.63, 3.8) is 0 Å². The number of anilines is 1. The Labute approximate surface area is 165 Å². The van der Waals surface area contributed by atoms with E-state index in [2.05, 4.69) is 5.32 Å². The molecule has 0 unspecified atom stereocenters. The van der Waals surface area contributed by atoms with Crippen LogP contribution in [0, 0.1) is 10.1 Å². The first kappa shape index (κ1) is 21.0. The minimum atomic E-state index is -0.790. The molecule has 2 aromatic rings. The summed E-state index contributed by atoms with van der Waals surface area (Å²) in [6.45, 7) is 1.17. The maximum absolute atomic E-state index is 11.9. The summed E-state index contributed by atoms with van der Waals surface area (Å²) < 4.78 is 15.5. The van der Waals surface area contributed by atoms with Gasteiger partial charge in [0.15, 0.2) is 24.7 Å². The lowest BCUT2D eigenvalue weighted by Crippen LogP contribution is -2.24. The predicted octanol–water partition coefficient (Wildman–Crippen LogP) is 3.21. The zero-order valence-corrected chi connectivity index (χ0v) is 15.6. The number of nitrogens with zero attached hydrogens (tertiary/aromatic N) is 1. The van der Waals surface area contributed by atoms with Crippen molar-refractivity contribution >= 4 is 34.9 Å². The number of ether oxygens (including phenoxy) is 3. The molecule has 28 heavy (non-hydrogen) atoms. The number of rotatable bonds is 9. The number of carbonyl (C=O) groups excluding carboxylic acids is 2. The van der Waals surface area contributed by atoms with Gasteiger partial charge in [-0.15, -0.1) is 0 Å². The van der Waals surface area contributed by atoms with E-state index in [1.54, 1.807) is 24.3 Å². The topological polar surface area (TPSA) is 117 Å². The molecule has 0 aliphatic heterocycles. The molecule has 10 heteroatoms. The quantitative estimate of drug-likeness (QED) is 0.384. The highest BCUT2D eigenvalue weighted by atomic mass is 35.5. The summed E-state index contributed by atoms with van der Waals surface area (Å²) >= 11 is 5.78. The van der Waals surface area contributed by atoms with E-state index < -0.39 is 30.0 Å². The summed E-state index contributed by atoms with van der Waals surface area (Å²) in [5, 5.41) is 13.5. The van der Waals surface area contributed by atoms with Crippen molar-refractivity contribution in [1.82, 2.24) is 0 Å². The number of benzene rings is 2. The van der Waals surface area contributed by atoms with E-state index in [-0.39, 0.29) is 16.4 Å². The smallest absolute Gasteiger partial charge is 0.344 e. The number of esters is 1. The van der Waals surface area contributed by atoms with Gasteiger partial charge in [0, 0.05) is 11.1 Å². The second-order valence-electron chi connectivity index (χ2n) is 5.30. The normalized spacial score (nSPS) is 10.1. The standard InChI is InChI=1S/C18H17ClN2O7/c1-2-26-15-5-3-4-6-16(15)27-11-18(23)28-10-17(22)20-13-9-12(19)7-8-14(13)21(24)25/h3-9H,2,10-11H2,1H3,(H,20,22). The fourth-order valence-electron chi connectivity index (χ4n) is 2.12. The van der Waals surface area contributed by atoms with E-state index in [9.17, 15) is 19.7 Å². The number of hydrogen-bond acceptors (Lipinski definition) is 7. The number of amides is 1. The van der Waals surface area contributed by atoms with Gasteiger partial charge in [0.2, 0.25) is 0 Å². The zero-order chi connectivity index (χ0) is 20.5. The first-order valence-corrected chi connectivity index (χ1v) is 8.52. The van der Waals surface area contributed by atoms with Crippen molar-refractivity contribution < 1.29 is 28.7 Å². The third-order valence-electron chi connectivity index (χ3n) is 3.29. The van der Waals surface area contributed by atoms with Crippen LogP contribution in [-0.2, 0) is 14.3 Å². The highest BCUT2D eigenvalue weighted by Gasteiger charge is 2.17. The van der Waals surface area contributed by atoms with Crippen LogP contribution in [0.4, 0.5) is 11.4 Å². The molecular weight excluding hydrogens is 392 g/mol. The van der Waals surface area contributed by atoms with E-state index >= 15 is 0 Å². The molecule has 0 radical (unpaired) electrons. The molecule has 0 atom stereocenters. The van der Waals surface area contributed by atoms with Gasteiger partial charge < -0.3 is 19.5 Å². The van der Waals surface area contributed by atoms with Crippen molar-refractivity contribution in [2.45, 2.75) is 6.92 Å². The van der Waals surface area contributed by atoms with Gasteiger partial charge in [0.25, 0.3) is 11.6 Å². The Morgan fingerprint density at radius 3 is 2.43 bits per heavy atom. The van der Waals surface area contributed by atoms with E-state index in [4.69, 9.17) is 25.8 Å². The molecule has 2 aromatic carbocycles. The Morgan fingerprint density at radius 2 is 1.79 bits per heavy atom. The molecule has 0 saturated carbocycles. The van der Waals surface area contributed by atoms with Gasteiger partial charge in [-0.3, -0.25) is 14.9 Å². The Bertz CT molecular complexity index is 873. The third-order valence-corrected chi connectivity index (χ3v) is 3.52. The lowest BCUT2D eigenvalue weighted by molar-refractivity contribution is -0.383. The first-order valence-electron chi connectivity index (χ1n) is 8.14. The third kappa shape index (κ3) is 6.13. The molecule has 0 saturated heterocycles. The predicted molar refractivity (Wildman–Crippen MR) is 101 cm³/mol. The SMILES string of the molecule is CCOc1ccccc1OCC(=O)OCC(=O)Nc1cc(Cl)ccc1[N+](=O)[O-]. The first-order chi connectivity index (χ1) is 13.4. The largest absolute Gasteiger partial charge is 0.490 e. The van der Waals surface area contributed by atoms with Gasteiger partial charge in [-0.2, -0.15) is 0 Å². The van der Waals surface area contributed by atoms with Crippen molar-refractivity contribution in [1.29, 1.82) is 0 Å². The van der Waals surface area contributed by atoms with Gasteiger partial charge in [-0.05, 0) is 31.2 Å². The highest BCUT2D eigenvalue weighted by Crippen LogP contribution is 2.28. The van der Waals surface area contributed by atoms with Gasteiger partial charge in [-0.1, -0.05) is 23.7 Å². The molecule has 1 N–H and O–H groups in total. The van der Waals surface area contributed by atoms with Gasteiger partial charge in [0.1, 0.15) is 5.69 Å². The van der Waals surface area contributed by atoms with Crippen LogP contribution < -0.4 is 14.8 Å². The van der Waals surface area contributed by atoms with E-state index in [1.165, 1.54) is 12.1 Å². The summed E-state index contributed by atoms with van der Waals surface area (Å²) in [6.07, 6.45) is 0. The lowest BCUT2D eigenvalue weighted by atomic mass is 10.2. The van der Waals surface area contributed by atoms with Gasteiger partial charge in [-0.25, -0.2) is 4.79 Å². The highest BCUT2D eigenvalue weighted by molar-refractivity contribution is 6.31. The monoisotopic (exact) mass is 408 g/mol. The molecule has 0 bridgehead atoms. The molecule has 0 aliphatic rings. The van der Waals surface area contributed by atoms with Crippen LogP contribution in [0.1, 0.15) is 6.92 Å². The Balaban J connectivity index is 1.86. The molecule has 1 amide bonds. The molecule has 0 aromatic heterocycles. The van der Waals surface area contributed by atoms with Crippen LogP contribution >= 0.6 is 11.6 Å². The average Bonchev–Trinajstić information content (AvgIpc) is 2.65. The zero-order valence-electron chi connectivity index (χ0n) is 14.8. The maximum atomic E-state index is 11.9. The number of hydrogen-bond donors (Lipinski definition) is 1. The minimum Gasteiger partial charge on any atom is -0.490 e. The molecular formula is C18H17ClN2O7. The summed E-state index contributed by atoms with van der Waals surface area (Å²) in [6, 6.07) is 10.5. The van der Waals surface area contributed by atoms with Crippen LogP contribution in [0.25, 0.3) is 0 Å². The van der Waals surface area contributed by atoms with Crippen LogP contribution in [0.3, 0.4) is 0 Å². The molecule has 148 valence electrons. The minimum absolute atomic E-state index is 0.0968. The Hall–Kier alpha value is -3.33. The van der Waals surface area contributed by atoms with Crippen molar-refractivity contribution in [2.24, 2.45) is 0 Å². The average molecular weight is 409 g/mol. The Kier molecular flexibility index (Phi) is 7.58. The molecule has 0 spiro atoms. The second kappa shape index (κ2) is 10.1. The summed E-state index contributed by atoms with van der Waals surface area (Å²) in [5.41, 5.74) is -0.430. The fraction of sp³-hybridized carbons (Fsp3) is 0.222. The molecule has 0 heterocycles. The number of nitro benzene ring substituents is 1.